The fourth-order valence-corrected chi connectivity index (χ4v) is 8.90. The molecular weight excluding hydrogens is 837 g/mol. The molecule has 9 unspecified atom stereocenters. The van der Waals surface area contributed by atoms with Gasteiger partial charge in [-0.2, -0.15) is 0 Å². The largest absolute Gasteiger partial charge is 0.463 e. The number of carbonyl (C=O) groups excluding carboxylic acids is 4. The summed E-state index contributed by atoms with van der Waals surface area (Å²) < 4.78 is 42.0. The summed E-state index contributed by atoms with van der Waals surface area (Å²) in [6.45, 7) is 4.27. The van der Waals surface area contributed by atoms with Gasteiger partial charge in [0.05, 0.1) is 23.8 Å². The lowest BCUT2D eigenvalue weighted by Gasteiger charge is -2.44. The molecule has 62 heavy (non-hydrogen) atoms. The Morgan fingerprint density at radius 2 is 1.32 bits per heavy atom. The molecule has 2 heterocycles. The van der Waals surface area contributed by atoms with E-state index in [1.807, 2.05) is 91.0 Å². The lowest BCUT2D eigenvalue weighted by atomic mass is 9.84. The van der Waals surface area contributed by atoms with Crippen molar-refractivity contribution in [2.75, 3.05) is 23.4 Å². The molecule has 0 aromatic heterocycles. The zero-order valence-corrected chi connectivity index (χ0v) is 36.3. The number of aliphatic hydroxyl groups excluding tert-OH is 1. The molecule has 6 rings (SSSR count). The average molecular weight is 887 g/mol. The molecule has 4 aromatic rings. The lowest BCUT2D eigenvalue weighted by Crippen LogP contribution is -2.62. The van der Waals surface area contributed by atoms with Crippen molar-refractivity contribution in [3.8, 4) is 0 Å². The number of para-hydroxylation sites is 1. The van der Waals surface area contributed by atoms with Crippen LogP contribution in [0.25, 0.3) is 0 Å². The SMILES string of the molecule is CC(=O)OCC1OC(CC(=S)Nc2cccc(C3OC(CSc4ccccc4N)C(c4ccccc4)C(c4ccc(CO)cc4)O3)c2)C(OC(C)=O)C(OC(C)=O)C1OC(C)=O. The van der Waals surface area contributed by atoms with Gasteiger partial charge in [-0.1, -0.05) is 91.1 Å². The van der Waals surface area contributed by atoms with Crippen molar-refractivity contribution in [3.63, 3.8) is 0 Å². The summed E-state index contributed by atoms with van der Waals surface area (Å²) in [6.07, 6.45) is -7.69. The number of nitrogen functional groups attached to an aromatic ring is 1. The first kappa shape index (κ1) is 46.2. The van der Waals surface area contributed by atoms with Gasteiger partial charge in [-0.15, -0.1) is 11.8 Å². The van der Waals surface area contributed by atoms with E-state index in [0.717, 1.165) is 35.4 Å². The predicted molar refractivity (Wildman–Crippen MR) is 234 cm³/mol. The van der Waals surface area contributed by atoms with Crippen molar-refractivity contribution in [2.45, 2.75) is 101 Å². The Hall–Kier alpha value is -5.36. The van der Waals surface area contributed by atoms with Gasteiger partial charge in [0.25, 0.3) is 0 Å². The van der Waals surface area contributed by atoms with Crippen LogP contribution in [0.15, 0.2) is 108 Å². The highest BCUT2D eigenvalue weighted by molar-refractivity contribution is 7.99. The number of rotatable bonds is 15. The Kier molecular flexibility index (Phi) is 16.1. The summed E-state index contributed by atoms with van der Waals surface area (Å²) in [5.74, 6) is -2.45. The number of thiocarbonyl (C=S) groups is 1. The summed E-state index contributed by atoms with van der Waals surface area (Å²) >= 11 is 7.44. The number of anilines is 2. The van der Waals surface area contributed by atoms with Gasteiger partial charge in [0.1, 0.15) is 18.8 Å². The molecule has 328 valence electrons. The summed E-state index contributed by atoms with van der Waals surface area (Å²) in [5.41, 5.74) is 11.0. The number of aliphatic hydroxyl groups is 1. The van der Waals surface area contributed by atoms with Crippen LogP contribution in [0.1, 0.15) is 74.7 Å². The molecule has 0 aliphatic carbocycles. The third-order valence-corrected chi connectivity index (χ3v) is 11.7. The Balaban J connectivity index is 1.28. The zero-order valence-electron chi connectivity index (χ0n) is 34.7. The minimum absolute atomic E-state index is 0.0539. The number of hydrogen-bond donors (Lipinski definition) is 3. The number of ether oxygens (including phenoxy) is 7. The molecule has 4 N–H and O–H groups in total. The number of hydrogen-bond acceptors (Lipinski definition) is 15. The molecule has 14 nitrogen and oxygen atoms in total. The first-order chi connectivity index (χ1) is 29.8. The Morgan fingerprint density at radius 3 is 1.97 bits per heavy atom. The van der Waals surface area contributed by atoms with E-state index in [2.05, 4.69) is 17.4 Å². The predicted octanol–water partition coefficient (Wildman–Crippen LogP) is 6.75. The molecule has 0 amide bonds. The highest BCUT2D eigenvalue weighted by Crippen LogP contribution is 2.48. The van der Waals surface area contributed by atoms with E-state index in [1.165, 1.54) is 13.8 Å². The molecule has 16 heteroatoms. The van der Waals surface area contributed by atoms with Gasteiger partial charge < -0.3 is 49.3 Å². The second-order valence-electron chi connectivity index (χ2n) is 14.9. The highest BCUT2D eigenvalue weighted by atomic mass is 32.2. The third-order valence-electron chi connectivity index (χ3n) is 10.2. The number of nitrogens with two attached hydrogens (primary N) is 1. The van der Waals surface area contributed by atoms with Crippen molar-refractivity contribution in [1.29, 1.82) is 0 Å². The van der Waals surface area contributed by atoms with E-state index in [-0.39, 0.29) is 36.6 Å². The summed E-state index contributed by atoms with van der Waals surface area (Å²) in [6, 6.07) is 32.9. The van der Waals surface area contributed by atoms with Crippen LogP contribution in [0.5, 0.6) is 0 Å². The topological polar surface area (TPSA) is 191 Å². The van der Waals surface area contributed by atoms with Crippen LogP contribution in [0, 0.1) is 0 Å². The molecule has 0 saturated carbocycles. The third kappa shape index (κ3) is 12.2. The summed E-state index contributed by atoms with van der Waals surface area (Å²) in [5, 5.41) is 13.0. The van der Waals surface area contributed by atoms with Crippen LogP contribution < -0.4 is 11.1 Å². The Bertz CT molecular complexity index is 2190. The molecule has 2 saturated heterocycles. The second kappa shape index (κ2) is 21.6. The number of esters is 4. The Labute approximate surface area is 369 Å². The molecule has 0 bridgehead atoms. The van der Waals surface area contributed by atoms with Crippen LogP contribution >= 0.6 is 24.0 Å². The van der Waals surface area contributed by atoms with Gasteiger partial charge in [-0.3, -0.25) is 19.2 Å². The maximum atomic E-state index is 12.4. The zero-order chi connectivity index (χ0) is 44.3. The molecule has 0 spiro atoms. The maximum Gasteiger partial charge on any atom is 0.303 e. The van der Waals surface area contributed by atoms with Crippen LogP contribution in [-0.2, 0) is 58.9 Å². The number of nitrogens with one attached hydrogen (secondary N) is 1. The maximum absolute atomic E-state index is 12.4. The average Bonchev–Trinajstić information content (AvgIpc) is 3.24. The highest BCUT2D eigenvalue weighted by Gasteiger charge is 2.52. The molecule has 2 aliphatic rings. The van der Waals surface area contributed by atoms with Crippen molar-refractivity contribution < 1.29 is 57.4 Å². The minimum atomic E-state index is -1.32. The molecule has 2 fully saturated rings. The van der Waals surface area contributed by atoms with Crippen molar-refractivity contribution in [1.82, 2.24) is 0 Å². The van der Waals surface area contributed by atoms with E-state index in [9.17, 15) is 24.3 Å². The van der Waals surface area contributed by atoms with E-state index < -0.39 is 66.8 Å². The molecule has 9 atom stereocenters. The number of benzene rings is 4. The van der Waals surface area contributed by atoms with Gasteiger partial charge in [0, 0.05) is 67.6 Å². The fourth-order valence-electron chi connectivity index (χ4n) is 7.58. The smallest absolute Gasteiger partial charge is 0.303 e. The normalized spacial score (nSPS) is 24.6. The number of carbonyl (C=O) groups is 4. The summed E-state index contributed by atoms with van der Waals surface area (Å²) in [4.78, 5) is 49.9. The van der Waals surface area contributed by atoms with Gasteiger partial charge in [0.15, 0.2) is 24.6 Å². The first-order valence-corrected chi connectivity index (χ1v) is 21.4. The molecule has 0 radical (unpaired) electrons. The van der Waals surface area contributed by atoms with Crippen LogP contribution in [0.4, 0.5) is 11.4 Å². The first-order valence-electron chi connectivity index (χ1n) is 20.0. The van der Waals surface area contributed by atoms with Crippen molar-refractivity contribution >= 4 is 64.2 Å². The van der Waals surface area contributed by atoms with E-state index in [4.69, 9.17) is 51.1 Å². The van der Waals surface area contributed by atoms with E-state index >= 15 is 0 Å². The lowest BCUT2D eigenvalue weighted by molar-refractivity contribution is -0.255. The van der Waals surface area contributed by atoms with Crippen LogP contribution in [-0.4, -0.2) is 83.0 Å². The van der Waals surface area contributed by atoms with Gasteiger partial charge in [0.2, 0.25) is 0 Å². The number of thioether (sulfide) groups is 1. The summed E-state index contributed by atoms with van der Waals surface area (Å²) in [7, 11) is 0. The molecule has 2 aliphatic heterocycles. The van der Waals surface area contributed by atoms with Gasteiger partial charge >= 0.3 is 23.9 Å². The van der Waals surface area contributed by atoms with Crippen LogP contribution in [0.3, 0.4) is 0 Å². The van der Waals surface area contributed by atoms with Crippen molar-refractivity contribution in [3.05, 3.63) is 125 Å². The molecule has 4 aromatic carbocycles. The van der Waals surface area contributed by atoms with E-state index in [0.29, 0.717) is 22.7 Å². The van der Waals surface area contributed by atoms with E-state index in [1.54, 1.807) is 11.8 Å². The van der Waals surface area contributed by atoms with Gasteiger partial charge in [-0.25, -0.2) is 0 Å². The quantitative estimate of drug-likeness (QED) is 0.0373. The fraction of sp³-hybridized carbons (Fsp3) is 0.370. The van der Waals surface area contributed by atoms with Crippen molar-refractivity contribution in [2.24, 2.45) is 0 Å². The monoisotopic (exact) mass is 886 g/mol. The standard InChI is InChI=1S/C46H50N2O12S2/c1-26(50)54-24-37-44(56-28(3)52)45(57-29(4)53)43(55-27(2)51)36(58-37)22-40(61)48-34-14-10-13-33(21-34)46-59-38(25-62-39-16-9-8-15-35(39)47)41(31-11-6-5-7-12-31)42(60-46)32-19-17-30(23-49)18-20-32/h5-21,36-38,41-46,49H,22-25,47H2,1-4H3,(H,48,61). The minimum Gasteiger partial charge on any atom is -0.463 e. The molecular formula is C46H50N2O12S2. The second-order valence-corrected chi connectivity index (χ2v) is 16.4. The Morgan fingerprint density at radius 1 is 0.694 bits per heavy atom. The van der Waals surface area contributed by atoms with Gasteiger partial charge in [-0.05, 0) is 41.0 Å². The van der Waals surface area contributed by atoms with Crippen LogP contribution in [0.2, 0.25) is 0 Å².